The molecule has 1 aromatic carbocycles. The number of rotatable bonds is 5. The highest BCUT2D eigenvalue weighted by molar-refractivity contribution is 7.92. The Bertz CT molecular complexity index is 619. The van der Waals surface area contributed by atoms with Crippen LogP contribution in [0.2, 0.25) is 0 Å². The molecule has 0 bridgehead atoms. The molecular weight excluding hydrogens is 293 g/mol. The largest absolute Gasteiger partial charge is 0.416 e. The van der Waals surface area contributed by atoms with Gasteiger partial charge < -0.3 is 0 Å². The maximum atomic E-state index is 12.5. The van der Waals surface area contributed by atoms with Crippen LogP contribution in [0.25, 0.3) is 0 Å². The van der Waals surface area contributed by atoms with E-state index in [9.17, 15) is 21.6 Å². The number of halogens is 3. The minimum absolute atomic E-state index is 0.142. The second-order valence-electron chi connectivity index (χ2n) is 4.14. The van der Waals surface area contributed by atoms with Gasteiger partial charge in [0.2, 0.25) is 10.0 Å². The van der Waals surface area contributed by atoms with Gasteiger partial charge in [-0.1, -0.05) is 13.3 Å². The Balaban J connectivity index is 3.07. The molecule has 1 N–H and O–H groups in total. The minimum Gasteiger partial charge on any atom is -0.282 e. The number of alkyl halides is 3. The summed E-state index contributed by atoms with van der Waals surface area (Å²) in [6.07, 6.45) is -3.48. The second kappa shape index (κ2) is 6.13. The van der Waals surface area contributed by atoms with Crippen molar-refractivity contribution in [2.75, 3.05) is 10.5 Å². The van der Waals surface area contributed by atoms with E-state index in [1.807, 2.05) is 6.92 Å². The third-order valence-corrected chi connectivity index (χ3v) is 3.86. The maximum absolute atomic E-state index is 12.5. The first kappa shape index (κ1) is 16.3. The molecule has 0 atom stereocenters. The molecule has 0 saturated heterocycles. The molecule has 1 aromatic rings. The van der Waals surface area contributed by atoms with Gasteiger partial charge in [0.1, 0.15) is 6.07 Å². The molecule has 0 aromatic heterocycles. The lowest BCUT2D eigenvalue weighted by Gasteiger charge is -2.12. The van der Waals surface area contributed by atoms with E-state index in [4.69, 9.17) is 5.26 Å². The predicted octanol–water partition coefficient (Wildman–Crippen LogP) is 3.12. The molecule has 0 aliphatic heterocycles. The van der Waals surface area contributed by atoms with Gasteiger partial charge in [0.05, 0.1) is 22.6 Å². The van der Waals surface area contributed by atoms with Crippen LogP contribution >= 0.6 is 0 Å². The molecule has 4 nitrogen and oxygen atoms in total. The van der Waals surface area contributed by atoms with Gasteiger partial charge in [-0.15, -0.1) is 0 Å². The number of sulfonamides is 1. The van der Waals surface area contributed by atoms with E-state index in [1.165, 1.54) is 0 Å². The van der Waals surface area contributed by atoms with Crippen molar-refractivity contribution in [3.63, 3.8) is 0 Å². The molecule has 0 spiro atoms. The molecule has 0 heterocycles. The number of unbranched alkanes of at least 4 members (excludes halogenated alkanes) is 1. The van der Waals surface area contributed by atoms with Crippen LogP contribution in [0.5, 0.6) is 0 Å². The highest BCUT2D eigenvalue weighted by Gasteiger charge is 2.31. The quantitative estimate of drug-likeness (QED) is 0.908. The third-order valence-electron chi connectivity index (χ3n) is 2.50. The highest BCUT2D eigenvalue weighted by Crippen LogP contribution is 2.31. The minimum atomic E-state index is -4.58. The standard InChI is InChI=1S/C12H13F3N2O2S/c1-2-3-6-20(18,19)17-11-5-4-10(12(13,14)15)7-9(11)8-16/h4-5,7,17H,2-3,6H2,1H3. The summed E-state index contributed by atoms with van der Waals surface area (Å²) in [7, 11) is -3.66. The van der Waals surface area contributed by atoms with Gasteiger partial charge in [0.25, 0.3) is 0 Å². The summed E-state index contributed by atoms with van der Waals surface area (Å²) in [6.45, 7) is 1.81. The Morgan fingerprint density at radius 3 is 2.50 bits per heavy atom. The van der Waals surface area contributed by atoms with Crippen LogP contribution in [0.1, 0.15) is 30.9 Å². The van der Waals surface area contributed by atoms with Crippen LogP contribution in [-0.4, -0.2) is 14.2 Å². The number of hydrogen-bond donors (Lipinski definition) is 1. The van der Waals surface area contributed by atoms with Gasteiger partial charge in [-0.2, -0.15) is 18.4 Å². The first-order valence-corrected chi connectivity index (χ1v) is 7.46. The lowest BCUT2D eigenvalue weighted by molar-refractivity contribution is -0.137. The molecule has 0 fully saturated rings. The van der Waals surface area contributed by atoms with Crippen LogP contribution in [0.3, 0.4) is 0 Å². The zero-order chi connectivity index (χ0) is 15.4. The normalized spacial score (nSPS) is 11.9. The predicted molar refractivity (Wildman–Crippen MR) is 68.5 cm³/mol. The van der Waals surface area contributed by atoms with Gasteiger partial charge >= 0.3 is 6.18 Å². The van der Waals surface area contributed by atoms with E-state index in [0.29, 0.717) is 18.9 Å². The molecule has 0 aliphatic carbocycles. The van der Waals surface area contributed by atoms with Crippen molar-refractivity contribution in [3.8, 4) is 6.07 Å². The number of anilines is 1. The topological polar surface area (TPSA) is 70.0 Å². The van der Waals surface area contributed by atoms with Crippen LogP contribution < -0.4 is 4.72 Å². The van der Waals surface area contributed by atoms with E-state index < -0.39 is 21.8 Å². The zero-order valence-corrected chi connectivity index (χ0v) is 11.5. The lowest BCUT2D eigenvalue weighted by Crippen LogP contribution is -2.17. The molecule has 1 rings (SSSR count). The molecule has 0 saturated carbocycles. The molecule has 0 radical (unpaired) electrons. The number of hydrogen-bond acceptors (Lipinski definition) is 3. The van der Waals surface area contributed by atoms with Crippen molar-refractivity contribution in [2.45, 2.75) is 25.9 Å². The van der Waals surface area contributed by atoms with E-state index in [2.05, 4.69) is 4.72 Å². The summed E-state index contributed by atoms with van der Waals surface area (Å²) in [4.78, 5) is 0. The summed E-state index contributed by atoms with van der Waals surface area (Å²) in [5.41, 5.74) is -1.50. The van der Waals surface area contributed by atoms with Gasteiger partial charge in [-0.25, -0.2) is 8.42 Å². The molecule has 0 unspecified atom stereocenters. The number of nitrogens with zero attached hydrogens (tertiary/aromatic N) is 1. The van der Waals surface area contributed by atoms with Crippen molar-refractivity contribution in [2.24, 2.45) is 0 Å². The summed E-state index contributed by atoms with van der Waals surface area (Å²) >= 11 is 0. The van der Waals surface area contributed by atoms with Crippen LogP contribution in [0, 0.1) is 11.3 Å². The summed E-state index contributed by atoms with van der Waals surface area (Å²) in [6, 6.07) is 3.87. The average Bonchev–Trinajstić information content (AvgIpc) is 2.35. The van der Waals surface area contributed by atoms with Crippen LogP contribution in [0.4, 0.5) is 18.9 Å². The molecule has 8 heteroatoms. The number of benzene rings is 1. The van der Waals surface area contributed by atoms with E-state index in [-0.39, 0.29) is 17.0 Å². The fourth-order valence-electron chi connectivity index (χ4n) is 1.45. The highest BCUT2D eigenvalue weighted by atomic mass is 32.2. The molecule has 0 aliphatic rings. The number of nitrogens with one attached hydrogen (secondary N) is 1. The van der Waals surface area contributed by atoms with Crippen molar-refractivity contribution in [3.05, 3.63) is 29.3 Å². The Labute approximate surface area is 115 Å². The van der Waals surface area contributed by atoms with E-state index in [0.717, 1.165) is 12.1 Å². The molecular formula is C12H13F3N2O2S. The van der Waals surface area contributed by atoms with Crippen molar-refractivity contribution in [1.29, 1.82) is 5.26 Å². The van der Waals surface area contributed by atoms with Crippen molar-refractivity contribution < 1.29 is 21.6 Å². The molecule has 110 valence electrons. The first-order valence-electron chi connectivity index (χ1n) is 5.81. The number of nitriles is 1. The van der Waals surface area contributed by atoms with Gasteiger partial charge in [0.15, 0.2) is 0 Å². The summed E-state index contributed by atoms with van der Waals surface area (Å²) in [5, 5.41) is 8.83. The second-order valence-corrected chi connectivity index (χ2v) is 5.99. The van der Waals surface area contributed by atoms with Crippen LogP contribution in [-0.2, 0) is 16.2 Å². The smallest absolute Gasteiger partial charge is 0.282 e. The van der Waals surface area contributed by atoms with E-state index in [1.54, 1.807) is 6.07 Å². The fourth-order valence-corrected chi connectivity index (χ4v) is 2.74. The van der Waals surface area contributed by atoms with Gasteiger partial charge in [-0.3, -0.25) is 4.72 Å². The molecule has 20 heavy (non-hydrogen) atoms. The Morgan fingerprint density at radius 2 is 2.00 bits per heavy atom. The summed E-state index contributed by atoms with van der Waals surface area (Å²) in [5.74, 6) is -0.143. The summed E-state index contributed by atoms with van der Waals surface area (Å²) < 4.78 is 62.9. The van der Waals surface area contributed by atoms with Crippen molar-refractivity contribution in [1.82, 2.24) is 0 Å². The van der Waals surface area contributed by atoms with Crippen molar-refractivity contribution >= 4 is 15.7 Å². The monoisotopic (exact) mass is 306 g/mol. The zero-order valence-electron chi connectivity index (χ0n) is 10.7. The third kappa shape index (κ3) is 4.42. The average molecular weight is 306 g/mol. The van der Waals surface area contributed by atoms with Crippen LogP contribution in [0.15, 0.2) is 18.2 Å². The van der Waals surface area contributed by atoms with E-state index >= 15 is 0 Å². The van der Waals surface area contributed by atoms with Gasteiger partial charge in [0, 0.05) is 0 Å². The Kier molecular flexibility index (Phi) is 5.00. The fraction of sp³-hybridized carbons (Fsp3) is 0.417. The molecule has 0 amide bonds. The first-order chi connectivity index (χ1) is 9.19. The van der Waals surface area contributed by atoms with Gasteiger partial charge in [-0.05, 0) is 24.6 Å². The lowest BCUT2D eigenvalue weighted by atomic mass is 10.1. The maximum Gasteiger partial charge on any atom is 0.416 e. The Morgan fingerprint density at radius 1 is 1.35 bits per heavy atom. The SMILES string of the molecule is CCCCS(=O)(=O)Nc1ccc(C(F)(F)F)cc1C#N. The Hall–Kier alpha value is -1.75.